The fourth-order valence-corrected chi connectivity index (χ4v) is 2.77. The summed E-state index contributed by atoms with van der Waals surface area (Å²) in [4.78, 5) is 29.6. The number of likely N-dealkylation sites (tertiary alicyclic amines) is 1. The number of nitrogens with zero attached hydrogens (tertiary/aromatic N) is 3. The highest BCUT2D eigenvalue weighted by molar-refractivity contribution is 5.91. The largest absolute Gasteiger partial charge is 0.343 e. The number of aromatic nitrogens is 3. The number of benzene rings is 1. The van der Waals surface area contributed by atoms with E-state index in [2.05, 4.69) is 20.5 Å². The second-order valence-corrected chi connectivity index (χ2v) is 5.96. The third-order valence-electron chi connectivity index (χ3n) is 4.03. The number of amides is 2. The number of hydrogen-bond donors (Lipinski definition) is 2. The molecule has 0 bridgehead atoms. The van der Waals surface area contributed by atoms with Crippen LogP contribution >= 0.6 is 0 Å². The van der Waals surface area contributed by atoms with Gasteiger partial charge in [0.25, 0.3) is 0 Å². The van der Waals surface area contributed by atoms with Crippen LogP contribution in [0.3, 0.4) is 0 Å². The third kappa shape index (κ3) is 3.98. The van der Waals surface area contributed by atoms with Crippen LogP contribution in [-0.4, -0.2) is 45.0 Å². The van der Waals surface area contributed by atoms with Gasteiger partial charge >= 0.3 is 0 Å². The Kier molecular flexibility index (Phi) is 4.88. The van der Waals surface area contributed by atoms with Crippen LogP contribution in [0.15, 0.2) is 24.3 Å². The molecular weight excluding hydrogens is 306 g/mol. The summed E-state index contributed by atoms with van der Waals surface area (Å²) in [6.45, 7) is 3.33. The molecule has 2 heterocycles. The van der Waals surface area contributed by atoms with Crippen LogP contribution in [0.4, 0.5) is 5.69 Å². The van der Waals surface area contributed by atoms with Crippen LogP contribution in [0, 0.1) is 6.92 Å². The standard InChI is InChI=1S/C17H21N5O2/c1-12-18-17(21-20-12)13-6-8-14(9-7-13)19-15(23)4-2-10-22-11-3-5-16(22)24/h6-9H,2-5,10-11H2,1H3,(H,19,23)(H,18,20,21). The Balaban J connectivity index is 1.46. The number of hydrogen-bond acceptors (Lipinski definition) is 4. The summed E-state index contributed by atoms with van der Waals surface area (Å²) in [7, 11) is 0. The van der Waals surface area contributed by atoms with Crippen molar-refractivity contribution >= 4 is 17.5 Å². The first kappa shape index (κ1) is 16.2. The van der Waals surface area contributed by atoms with Gasteiger partial charge in [0, 0.05) is 37.2 Å². The summed E-state index contributed by atoms with van der Waals surface area (Å²) in [5.41, 5.74) is 1.64. The highest BCUT2D eigenvalue weighted by atomic mass is 16.2. The van der Waals surface area contributed by atoms with E-state index >= 15 is 0 Å². The van der Waals surface area contributed by atoms with Crippen molar-refractivity contribution in [3.63, 3.8) is 0 Å². The summed E-state index contributed by atoms with van der Waals surface area (Å²) >= 11 is 0. The van der Waals surface area contributed by atoms with Crippen molar-refractivity contribution in [1.82, 2.24) is 20.1 Å². The van der Waals surface area contributed by atoms with E-state index < -0.39 is 0 Å². The number of H-pyrrole nitrogens is 1. The molecule has 7 heteroatoms. The molecule has 3 rings (SSSR count). The second-order valence-electron chi connectivity index (χ2n) is 5.96. The number of aromatic amines is 1. The fraction of sp³-hybridized carbons (Fsp3) is 0.412. The second kappa shape index (κ2) is 7.25. The van der Waals surface area contributed by atoms with Crippen LogP contribution in [0.2, 0.25) is 0 Å². The van der Waals surface area contributed by atoms with E-state index in [1.54, 1.807) is 0 Å². The zero-order valence-electron chi connectivity index (χ0n) is 13.7. The van der Waals surface area contributed by atoms with E-state index in [1.165, 1.54) is 0 Å². The zero-order chi connectivity index (χ0) is 16.9. The highest BCUT2D eigenvalue weighted by Crippen LogP contribution is 2.18. The molecule has 0 spiro atoms. The minimum Gasteiger partial charge on any atom is -0.343 e. The third-order valence-corrected chi connectivity index (χ3v) is 4.03. The Morgan fingerprint density at radius 2 is 2.12 bits per heavy atom. The van der Waals surface area contributed by atoms with Crippen molar-refractivity contribution in [3.8, 4) is 11.4 Å². The van der Waals surface area contributed by atoms with Gasteiger partial charge in [0.05, 0.1) is 0 Å². The average molecular weight is 327 g/mol. The first-order chi connectivity index (χ1) is 11.6. The zero-order valence-corrected chi connectivity index (χ0v) is 13.7. The molecule has 1 aliphatic rings. The topological polar surface area (TPSA) is 91.0 Å². The number of carbonyl (C=O) groups excluding carboxylic acids is 2. The maximum absolute atomic E-state index is 12.0. The number of anilines is 1. The molecule has 126 valence electrons. The maximum Gasteiger partial charge on any atom is 0.224 e. The van der Waals surface area contributed by atoms with Crippen molar-refractivity contribution in [3.05, 3.63) is 30.1 Å². The van der Waals surface area contributed by atoms with Crippen molar-refractivity contribution in [2.45, 2.75) is 32.6 Å². The van der Waals surface area contributed by atoms with Gasteiger partial charge in [0.1, 0.15) is 5.82 Å². The molecule has 1 aromatic carbocycles. The van der Waals surface area contributed by atoms with Crippen LogP contribution < -0.4 is 5.32 Å². The molecule has 24 heavy (non-hydrogen) atoms. The minimum atomic E-state index is -0.0388. The minimum absolute atomic E-state index is 0.0388. The fourth-order valence-electron chi connectivity index (χ4n) is 2.77. The molecule has 1 fully saturated rings. The van der Waals surface area contributed by atoms with E-state index in [0.717, 1.165) is 30.0 Å². The average Bonchev–Trinajstić information content (AvgIpc) is 3.17. The molecule has 0 unspecified atom stereocenters. The summed E-state index contributed by atoms with van der Waals surface area (Å²) in [5.74, 6) is 1.57. The van der Waals surface area contributed by atoms with Gasteiger partial charge in [-0.25, -0.2) is 4.98 Å². The molecule has 2 N–H and O–H groups in total. The molecule has 7 nitrogen and oxygen atoms in total. The molecule has 1 aliphatic heterocycles. The number of nitrogens with one attached hydrogen (secondary N) is 2. The molecule has 0 aliphatic carbocycles. The van der Waals surface area contributed by atoms with Gasteiger partial charge in [0.15, 0.2) is 5.82 Å². The number of aryl methyl sites for hydroxylation is 1. The lowest BCUT2D eigenvalue weighted by Crippen LogP contribution is -2.26. The molecule has 2 amide bonds. The monoisotopic (exact) mass is 327 g/mol. The number of rotatable bonds is 6. The van der Waals surface area contributed by atoms with E-state index in [4.69, 9.17) is 0 Å². The van der Waals surface area contributed by atoms with E-state index in [1.807, 2.05) is 36.1 Å². The predicted octanol–water partition coefficient (Wildman–Crippen LogP) is 2.12. The highest BCUT2D eigenvalue weighted by Gasteiger charge is 2.19. The summed E-state index contributed by atoms with van der Waals surface area (Å²) in [6.07, 6.45) is 2.67. The van der Waals surface area contributed by atoms with Gasteiger partial charge in [-0.15, -0.1) is 0 Å². The first-order valence-electron chi connectivity index (χ1n) is 8.19. The summed E-state index contributed by atoms with van der Waals surface area (Å²) in [6, 6.07) is 7.42. The van der Waals surface area contributed by atoms with Crippen LogP contribution in [-0.2, 0) is 9.59 Å². The lowest BCUT2D eigenvalue weighted by molar-refractivity contribution is -0.128. The SMILES string of the molecule is Cc1nc(-c2ccc(NC(=O)CCCN3CCCC3=O)cc2)n[nH]1. The van der Waals surface area contributed by atoms with E-state index in [9.17, 15) is 9.59 Å². The Morgan fingerprint density at radius 1 is 1.33 bits per heavy atom. The molecule has 0 radical (unpaired) electrons. The van der Waals surface area contributed by atoms with Crippen LogP contribution in [0.1, 0.15) is 31.5 Å². The van der Waals surface area contributed by atoms with E-state index in [-0.39, 0.29) is 11.8 Å². The summed E-state index contributed by atoms with van der Waals surface area (Å²) < 4.78 is 0. The molecule has 0 saturated carbocycles. The Labute approximate surface area is 140 Å². The van der Waals surface area contributed by atoms with Crippen molar-refractivity contribution < 1.29 is 9.59 Å². The van der Waals surface area contributed by atoms with Crippen molar-refractivity contribution in [1.29, 1.82) is 0 Å². The molecule has 0 atom stereocenters. The van der Waals surface area contributed by atoms with Gasteiger partial charge in [-0.1, -0.05) is 0 Å². The van der Waals surface area contributed by atoms with Gasteiger partial charge in [-0.05, 0) is 44.0 Å². The lowest BCUT2D eigenvalue weighted by Gasteiger charge is -2.14. The van der Waals surface area contributed by atoms with Crippen molar-refractivity contribution in [2.24, 2.45) is 0 Å². The maximum atomic E-state index is 12.0. The molecule has 1 saturated heterocycles. The Bertz CT molecular complexity index is 723. The Morgan fingerprint density at radius 3 is 2.75 bits per heavy atom. The quantitative estimate of drug-likeness (QED) is 0.850. The smallest absolute Gasteiger partial charge is 0.224 e. The van der Waals surface area contributed by atoms with Gasteiger partial charge in [0.2, 0.25) is 11.8 Å². The summed E-state index contributed by atoms with van der Waals surface area (Å²) in [5, 5.41) is 9.78. The van der Waals surface area contributed by atoms with Gasteiger partial charge in [-0.3, -0.25) is 14.7 Å². The van der Waals surface area contributed by atoms with Crippen LogP contribution in [0.25, 0.3) is 11.4 Å². The molecular formula is C17H21N5O2. The van der Waals surface area contributed by atoms with Crippen LogP contribution in [0.5, 0.6) is 0 Å². The number of carbonyl (C=O) groups is 2. The Hall–Kier alpha value is -2.70. The molecule has 1 aromatic heterocycles. The lowest BCUT2D eigenvalue weighted by atomic mass is 10.2. The van der Waals surface area contributed by atoms with Gasteiger partial charge in [-0.2, -0.15) is 5.10 Å². The normalized spacial score (nSPS) is 14.2. The predicted molar refractivity (Wildman–Crippen MR) is 90.2 cm³/mol. The first-order valence-corrected chi connectivity index (χ1v) is 8.19. The van der Waals surface area contributed by atoms with Gasteiger partial charge < -0.3 is 10.2 Å². The van der Waals surface area contributed by atoms with E-state index in [0.29, 0.717) is 31.6 Å². The molecule has 2 aromatic rings. The van der Waals surface area contributed by atoms with Crippen molar-refractivity contribution in [2.75, 3.05) is 18.4 Å².